The Bertz CT molecular complexity index is 1170. The van der Waals surface area contributed by atoms with Crippen molar-refractivity contribution in [2.24, 2.45) is 0 Å². The molecular formula is C18H15FN4O2S2. The van der Waals surface area contributed by atoms with Crippen LogP contribution in [0.25, 0.3) is 16.3 Å². The Balaban J connectivity index is 1.48. The highest BCUT2D eigenvalue weighted by Gasteiger charge is 2.15. The van der Waals surface area contributed by atoms with Crippen LogP contribution in [0.2, 0.25) is 0 Å². The first-order valence-corrected chi connectivity index (χ1v) is 10.5. The van der Waals surface area contributed by atoms with Gasteiger partial charge in [0.05, 0.1) is 10.6 Å². The van der Waals surface area contributed by atoms with Crippen LogP contribution in [0, 0.1) is 5.82 Å². The standard InChI is InChI=1S/C18H15FN4O2S2/c19-14-6-8-16(9-7-14)27(24,25)20-11-10-15-12-26-18-21-17(22-23(15)18)13-4-2-1-3-5-13/h1-9,12,20H,10-11H2. The molecule has 0 saturated heterocycles. The third-order valence-corrected chi connectivity index (χ3v) is 6.32. The van der Waals surface area contributed by atoms with Crippen molar-refractivity contribution < 1.29 is 12.8 Å². The number of rotatable bonds is 6. The van der Waals surface area contributed by atoms with E-state index in [2.05, 4.69) is 14.8 Å². The molecule has 0 bridgehead atoms. The predicted octanol–water partition coefficient (Wildman–Crippen LogP) is 3.12. The summed E-state index contributed by atoms with van der Waals surface area (Å²) in [4.78, 5) is 5.30. The molecule has 0 spiro atoms. The Hall–Kier alpha value is -2.62. The molecule has 0 radical (unpaired) electrons. The van der Waals surface area contributed by atoms with Gasteiger partial charge >= 0.3 is 0 Å². The highest BCUT2D eigenvalue weighted by Crippen LogP contribution is 2.21. The van der Waals surface area contributed by atoms with Gasteiger partial charge in [0.25, 0.3) is 0 Å². The molecule has 27 heavy (non-hydrogen) atoms. The van der Waals surface area contributed by atoms with Crippen molar-refractivity contribution in [2.75, 3.05) is 6.54 Å². The molecule has 0 aliphatic heterocycles. The van der Waals surface area contributed by atoms with Gasteiger partial charge in [0.2, 0.25) is 15.0 Å². The molecule has 0 aliphatic rings. The second kappa shape index (κ2) is 7.18. The minimum Gasteiger partial charge on any atom is -0.211 e. The lowest BCUT2D eigenvalue weighted by Gasteiger charge is -2.06. The highest BCUT2D eigenvalue weighted by molar-refractivity contribution is 7.89. The fourth-order valence-electron chi connectivity index (χ4n) is 2.62. The van der Waals surface area contributed by atoms with Crippen molar-refractivity contribution in [3.05, 3.63) is 71.5 Å². The first kappa shape index (κ1) is 17.8. The summed E-state index contributed by atoms with van der Waals surface area (Å²) < 4.78 is 41.7. The first-order chi connectivity index (χ1) is 13.0. The lowest BCUT2D eigenvalue weighted by molar-refractivity contribution is 0.580. The zero-order valence-corrected chi connectivity index (χ0v) is 15.7. The molecule has 0 saturated carbocycles. The number of sulfonamides is 1. The molecule has 2 heterocycles. The van der Waals surface area contributed by atoms with Crippen LogP contribution in [0.3, 0.4) is 0 Å². The lowest BCUT2D eigenvalue weighted by atomic mass is 10.2. The van der Waals surface area contributed by atoms with E-state index in [4.69, 9.17) is 0 Å². The smallest absolute Gasteiger partial charge is 0.211 e. The second-order valence-electron chi connectivity index (χ2n) is 5.82. The molecule has 9 heteroatoms. The summed E-state index contributed by atoms with van der Waals surface area (Å²) in [5, 5.41) is 6.44. The van der Waals surface area contributed by atoms with Crippen LogP contribution in [0.5, 0.6) is 0 Å². The van der Waals surface area contributed by atoms with Crippen molar-refractivity contribution in [2.45, 2.75) is 11.3 Å². The van der Waals surface area contributed by atoms with E-state index in [1.807, 2.05) is 35.7 Å². The van der Waals surface area contributed by atoms with Crippen LogP contribution in [0.1, 0.15) is 5.69 Å². The molecule has 0 aliphatic carbocycles. The van der Waals surface area contributed by atoms with Crippen LogP contribution in [0.15, 0.2) is 64.9 Å². The molecular weight excluding hydrogens is 387 g/mol. The first-order valence-electron chi connectivity index (χ1n) is 8.17. The van der Waals surface area contributed by atoms with Gasteiger partial charge < -0.3 is 0 Å². The highest BCUT2D eigenvalue weighted by atomic mass is 32.2. The predicted molar refractivity (Wildman–Crippen MR) is 102 cm³/mol. The van der Waals surface area contributed by atoms with Crippen LogP contribution in [-0.4, -0.2) is 29.6 Å². The normalized spacial score (nSPS) is 11.9. The number of thiazole rings is 1. The zero-order valence-electron chi connectivity index (χ0n) is 14.0. The molecule has 6 nitrogen and oxygen atoms in total. The third kappa shape index (κ3) is 3.75. The topological polar surface area (TPSA) is 76.4 Å². The number of aromatic nitrogens is 3. The number of hydrogen-bond acceptors (Lipinski definition) is 5. The van der Waals surface area contributed by atoms with Gasteiger partial charge in [-0.3, -0.25) is 0 Å². The number of benzene rings is 2. The van der Waals surface area contributed by atoms with Gasteiger partial charge in [-0.25, -0.2) is 22.0 Å². The fourth-order valence-corrected chi connectivity index (χ4v) is 4.50. The molecule has 0 atom stereocenters. The maximum atomic E-state index is 13.0. The van der Waals surface area contributed by atoms with Crippen LogP contribution < -0.4 is 4.72 Å². The Labute approximate surface area is 159 Å². The van der Waals surface area contributed by atoms with Gasteiger partial charge in [-0.05, 0) is 24.3 Å². The molecule has 4 rings (SSSR count). The number of nitrogens with zero attached hydrogens (tertiary/aromatic N) is 3. The van der Waals surface area contributed by atoms with Crippen LogP contribution in [0.4, 0.5) is 4.39 Å². The molecule has 4 aromatic rings. The molecule has 0 fully saturated rings. The average molecular weight is 402 g/mol. The van der Waals surface area contributed by atoms with E-state index in [1.165, 1.54) is 23.5 Å². The number of fused-ring (bicyclic) bond motifs is 1. The summed E-state index contributed by atoms with van der Waals surface area (Å²) >= 11 is 1.46. The van der Waals surface area contributed by atoms with Gasteiger partial charge in [0.1, 0.15) is 5.82 Å². The van der Waals surface area contributed by atoms with Gasteiger partial charge in [-0.15, -0.1) is 16.4 Å². The maximum Gasteiger partial charge on any atom is 0.240 e. The lowest BCUT2D eigenvalue weighted by Crippen LogP contribution is -2.26. The number of halogens is 1. The minimum absolute atomic E-state index is 0.0338. The van der Waals surface area contributed by atoms with E-state index in [-0.39, 0.29) is 11.4 Å². The van der Waals surface area contributed by atoms with E-state index in [9.17, 15) is 12.8 Å². The van der Waals surface area contributed by atoms with Crippen molar-refractivity contribution in [1.29, 1.82) is 0 Å². The zero-order chi connectivity index (χ0) is 18.9. The third-order valence-electron chi connectivity index (χ3n) is 3.98. The van der Waals surface area contributed by atoms with E-state index in [0.29, 0.717) is 12.2 Å². The van der Waals surface area contributed by atoms with E-state index in [0.717, 1.165) is 28.4 Å². The van der Waals surface area contributed by atoms with Gasteiger partial charge in [-0.2, -0.15) is 4.98 Å². The van der Waals surface area contributed by atoms with Gasteiger partial charge in [0.15, 0.2) is 5.82 Å². The van der Waals surface area contributed by atoms with E-state index in [1.54, 1.807) is 4.52 Å². The summed E-state index contributed by atoms with van der Waals surface area (Å²) in [6.45, 7) is 0.200. The minimum atomic E-state index is -3.68. The average Bonchev–Trinajstić information content (AvgIpc) is 3.24. The Morgan fingerprint density at radius 2 is 1.81 bits per heavy atom. The molecule has 2 aromatic heterocycles. The van der Waals surface area contributed by atoms with Gasteiger partial charge in [0, 0.05) is 23.9 Å². The maximum absolute atomic E-state index is 13.0. The van der Waals surface area contributed by atoms with Gasteiger partial charge in [-0.1, -0.05) is 30.3 Å². The summed E-state index contributed by atoms with van der Waals surface area (Å²) in [5.74, 6) is 0.158. The second-order valence-corrected chi connectivity index (χ2v) is 8.43. The monoisotopic (exact) mass is 402 g/mol. The van der Waals surface area contributed by atoms with Crippen LogP contribution >= 0.6 is 11.3 Å². The Morgan fingerprint density at radius 1 is 1.07 bits per heavy atom. The summed E-state index contributed by atoms with van der Waals surface area (Å²) in [7, 11) is -3.68. The largest absolute Gasteiger partial charge is 0.240 e. The van der Waals surface area contributed by atoms with Crippen molar-refractivity contribution in [3.8, 4) is 11.4 Å². The quantitative estimate of drug-likeness (QED) is 0.538. The molecule has 1 N–H and O–H groups in total. The van der Waals surface area contributed by atoms with Crippen molar-refractivity contribution in [1.82, 2.24) is 19.3 Å². The van der Waals surface area contributed by atoms with Crippen molar-refractivity contribution in [3.63, 3.8) is 0 Å². The number of hydrogen-bond donors (Lipinski definition) is 1. The van der Waals surface area contributed by atoms with Crippen molar-refractivity contribution >= 4 is 26.3 Å². The molecule has 2 aromatic carbocycles. The summed E-state index contributed by atoms with van der Waals surface area (Å²) in [6.07, 6.45) is 0.456. The van der Waals surface area contributed by atoms with E-state index < -0.39 is 15.8 Å². The SMILES string of the molecule is O=S(=O)(NCCc1csc2nc(-c3ccccc3)nn12)c1ccc(F)cc1. The van der Waals surface area contributed by atoms with E-state index >= 15 is 0 Å². The Kier molecular flexibility index (Phi) is 4.73. The molecule has 0 unspecified atom stereocenters. The summed E-state index contributed by atoms with van der Waals surface area (Å²) in [5.41, 5.74) is 1.79. The molecule has 138 valence electrons. The summed E-state index contributed by atoms with van der Waals surface area (Å²) in [6, 6.07) is 14.4. The Morgan fingerprint density at radius 3 is 2.56 bits per heavy atom. The number of nitrogens with one attached hydrogen (secondary N) is 1. The fraction of sp³-hybridized carbons (Fsp3) is 0.111. The molecule has 0 amide bonds. The van der Waals surface area contributed by atoms with Crippen LogP contribution in [-0.2, 0) is 16.4 Å².